The average molecular weight is 337 g/mol. The van der Waals surface area contributed by atoms with Crippen LogP contribution in [0, 0.1) is 20.8 Å². The van der Waals surface area contributed by atoms with E-state index in [4.69, 9.17) is 4.74 Å². The first-order chi connectivity index (χ1) is 11.9. The van der Waals surface area contributed by atoms with Gasteiger partial charge in [-0.15, -0.1) is 0 Å². The van der Waals surface area contributed by atoms with E-state index in [-0.39, 0.29) is 24.2 Å². The molecule has 3 rings (SSSR count). The predicted molar refractivity (Wildman–Crippen MR) is 98.6 cm³/mol. The van der Waals surface area contributed by atoms with Crippen molar-refractivity contribution < 1.29 is 14.3 Å². The second kappa shape index (κ2) is 6.71. The summed E-state index contributed by atoms with van der Waals surface area (Å²) in [6.45, 7) is 7.96. The Morgan fingerprint density at radius 1 is 1.12 bits per heavy atom. The molecule has 1 amide bonds. The first-order valence-electron chi connectivity index (χ1n) is 8.53. The molecule has 0 bridgehead atoms. The number of carbonyl (C=O) groups is 2. The number of Topliss-reactive ketones (excluding diaryl/α,β-unsaturated/α-hetero) is 1. The number of hydrogen-bond acceptors (Lipinski definition) is 3. The molecule has 1 unspecified atom stereocenters. The lowest BCUT2D eigenvalue weighted by Gasteiger charge is -2.13. The van der Waals surface area contributed by atoms with Gasteiger partial charge in [0.15, 0.2) is 12.4 Å². The molecule has 130 valence electrons. The topological polar surface area (TPSA) is 55.4 Å². The van der Waals surface area contributed by atoms with Crippen molar-refractivity contribution >= 4 is 17.4 Å². The van der Waals surface area contributed by atoms with Gasteiger partial charge in [-0.25, -0.2) is 0 Å². The van der Waals surface area contributed by atoms with Gasteiger partial charge in [-0.2, -0.15) is 0 Å². The number of rotatable bonds is 4. The Morgan fingerprint density at radius 3 is 2.56 bits per heavy atom. The maximum absolute atomic E-state index is 12.3. The SMILES string of the molecule is Cc1ccc(NC(=O)COc2ccc(C)c3c2C(=O)CC3C)cc1C. The maximum Gasteiger partial charge on any atom is 0.262 e. The number of ether oxygens (including phenoxy) is 1. The Morgan fingerprint density at radius 2 is 1.84 bits per heavy atom. The fourth-order valence-corrected chi connectivity index (χ4v) is 3.39. The van der Waals surface area contributed by atoms with E-state index in [0.717, 1.165) is 22.4 Å². The molecule has 2 aromatic rings. The number of aryl methyl sites for hydroxylation is 3. The van der Waals surface area contributed by atoms with E-state index in [0.29, 0.717) is 17.7 Å². The second-order valence-electron chi connectivity index (χ2n) is 6.83. The van der Waals surface area contributed by atoms with Crippen LogP contribution in [0.1, 0.15) is 51.9 Å². The summed E-state index contributed by atoms with van der Waals surface area (Å²) >= 11 is 0. The molecule has 4 heteroatoms. The molecular formula is C21H23NO3. The first-order valence-corrected chi connectivity index (χ1v) is 8.53. The lowest BCUT2D eigenvalue weighted by molar-refractivity contribution is -0.118. The summed E-state index contributed by atoms with van der Waals surface area (Å²) in [7, 11) is 0. The predicted octanol–water partition coefficient (Wildman–Crippen LogP) is 4.32. The van der Waals surface area contributed by atoms with Gasteiger partial charge < -0.3 is 10.1 Å². The minimum Gasteiger partial charge on any atom is -0.483 e. The van der Waals surface area contributed by atoms with E-state index in [9.17, 15) is 9.59 Å². The Kier molecular flexibility index (Phi) is 4.62. The summed E-state index contributed by atoms with van der Waals surface area (Å²) in [6.07, 6.45) is 0.505. The van der Waals surface area contributed by atoms with Gasteiger partial charge in [-0.1, -0.05) is 19.1 Å². The number of ketones is 1. The Bertz CT molecular complexity index is 854. The summed E-state index contributed by atoms with van der Waals surface area (Å²) in [4.78, 5) is 24.4. The largest absolute Gasteiger partial charge is 0.483 e. The molecule has 1 aliphatic carbocycles. The molecule has 0 saturated heterocycles. The van der Waals surface area contributed by atoms with Gasteiger partial charge in [0.1, 0.15) is 5.75 Å². The van der Waals surface area contributed by atoms with Crippen molar-refractivity contribution in [2.45, 2.75) is 40.0 Å². The summed E-state index contributed by atoms with van der Waals surface area (Å²) in [5.74, 6) is 0.562. The standard InChI is InChI=1S/C21H23NO3/c1-12-5-7-16(9-14(12)3)22-19(24)11-25-18-8-6-13(2)20-15(4)10-17(23)21(18)20/h5-9,15H,10-11H2,1-4H3,(H,22,24). The summed E-state index contributed by atoms with van der Waals surface area (Å²) in [5.41, 5.74) is 5.84. The number of fused-ring (bicyclic) bond motifs is 1. The van der Waals surface area contributed by atoms with Crippen LogP contribution in [-0.2, 0) is 4.79 Å². The lowest BCUT2D eigenvalue weighted by Crippen LogP contribution is -2.21. The highest BCUT2D eigenvalue weighted by Gasteiger charge is 2.31. The fraction of sp³-hybridized carbons (Fsp3) is 0.333. The molecule has 4 nitrogen and oxygen atoms in total. The molecule has 0 aliphatic heterocycles. The van der Waals surface area contributed by atoms with Gasteiger partial charge in [0.25, 0.3) is 5.91 Å². The van der Waals surface area contributed by atoms with E-state index in [1.165, 1.54) is 5.56 Å². The third-order valence-corrected chi connectivity index (χ3v) is 4.84. The molecule has 2 aromatic carbocycles. The van der Waals surface area contributed by atoms with Crippen LogP contribution in [0.5, 0.6) is 5.75 Å². The molecule has 0 saturated carbocycles. The van der Waals surface area contributed by atoms with Crippen molar-refractivity contribution in [1.82, 2.24) is 0 Å². The summed E-state index contributed by atoms with van der Waals surface area (Å²) < 4.78 is 5.68. The van der Waals surface area contributed by atoms with Crippen LogP contribution in [0.4, 0.5) is 5.69 Å². The van der Waals surface area contributed by atoms with Crippen molar-refractivity contribution in [2.75, 3.05) is 11.9 Å². The normalized spacial score (nSPS) is 15.8. The van der Waals surface area contributed by atoms with Crippen molar-refractivity contribution in [3.05, 3.63) is 58.1 Å². The van der Waals surface area contributed by atoms with Crippen LogP contribution < -0.4 is 10.1 Å². The zero-order chi connectivity index (χ0) is 18.1. The molecule has 0 spiro atoms. The smallest absolute Gasteiger partial charge is 0.262 e. The third-order valence-electron chi connectivity index (χ3n) is 4.84. The number of nitrogens with one attached hydrogen (secondary N) is 1. The van der Waals surface area contributed by atoms with Gasteiger partial charge in [0.2, 0.25) is 0 Å². The highest BCUT2D eigenvalue weighted by atomic mass is 16.5. The highest BCUT2D eigenvalue weighted by Crippen LogP contribution is 2.40. The maximum atomic E-state index is 12.3. The highest BCUT2D eigenvalue weighted by molar-refractivity contribution is 6.04. The quantitative estimate of drug-likeness (QED) is 0.904. The molecule has 25 heavy (non-hydrogen) atoms. The van der Waals surface area contributed by atoms with E-state index in [1.54, 1.807) is 6.07 Å². The van der Waals surface area contributed by atoms with Gasteiger partial charge >= 0.3 is 0 Å². The zero-order valence-electron chi connectivity index (χ0n) is 15.1. The zero-order valence-corrected chi connectivity index (χ0v) is 15.1. The Labute approximate surface area is 148 Å². The molecule has 0 fully saturated rings. The average Bonchev–Trinajstić information content (AvgIpc) is 2.86. The monoisotopic (exact) mass is 337 g/mol. The minimum atomic E-state index is -0.240. The summed E-state index contributed by atoms with van der Waals surface area (Å²) in [5, 5.41) is 2.83. The molecule has 1 aliphatic rings. The van der Waals surface area contributed by atoms with Gasteiger partial charge in [-0.05, 0) is 67.1 Å². The van der Waals surface area contributed by atoms with Crippen molar-refractivity contribution in [2.24, 2.45) is 0 Å². The molecular weight excluding hydrogens is 314 g/mol. The van der Waals surface area contributed by atoms with Crippen LogP contribution in [0.25, 0.3) is 0 Å². The van der Waals surface area contributed by atoms with Crippen molar-refractivity contribution in [1.29, 1.82) is 0 Å². The van der Waals surface area contributed by atoms with Gasteiger partial charge in [0.05, 0.1) is 5.56 Å². The molecule has 0 heterocycles. The molecule has 1 atom stereocenters. The second-order valence-corrected chi connectivity index (χ2v) is 6.83. The lowest BCUT2D eigenvalue weighted by atomic mass is 9.97. The van der Waals surface area contributed by atoms with Crippen LogP contribution in [0.15, 0.2) is 30.3 Å². The number of benzene rings is 2. The minimum absolute atomic E-state index is 0.0933. The van der Waals surface area contributed by atoms with Gasteiger partial charge in [0, 0.05) is 12.1 Å². The molecule has 1 N–H and O–H groups in total. The van der Waals surface area contributed by atoms with Crippen LogP contribution in [0.3, 0.4) is 0 Å². The van der Waals surface area contributed by atoms with E-state index < -0.39 is 0 Å². The number of anilines is 1. The van der Waals surface area contributed by atoms with Crippen molar-refractivity contribution in [3.8, 4) is 5.75 Å². The van der Waals surface area contributed by atoms with Gasteiger partial charge in [-0.3, -0.25) is 9.59 Å². The number of carbonyl (C=O) groups excluding carboxylic acids is 2. The van der Waals surface area contributed by atoms with Crippen molar-refractivity contribution in [3.63, 3.8) is 0 Å². The first kappa shape index (κ1) is 17.2. The van der Waals surface area contributed by atoms with E-state index in [2.05, 4.69) is 5.32 Å². The van der Waals surface area contributed by atoms with E-state index >= 15 is 0 Å². The van der Waals surface area contributed by atoms with E-state index in [1.807, 2.05) is 52.0 Å². The van der Waals surface area contributed by atoms with Crippen LogP contribution >= 0.6 is 0 Å². The Hall–Kier alpha value is -2.62. The third kappa shape index (κ3) is 3.43. The molecule has 0 radical (unpaired) electrons. The summed E-state index contributed by atoms with van der Waals surface area (Å²) in [6, 6.07) is 9.51. The van der Waals surface area contributed by atoms with Crippen LogP contribution in [0.2, 0.25) is 0 Å². The number of amides is 1. The van der Waals surface area contributed by atoms with Crippen LogP contribution in [-0.4, -0.2) is 18.3 Å². The Balaban J connectivity index is 1.71. The molecule has 0 aromatic heterocycles. The number of hydrogen-bond donors (Lipinski definition) is 1. The fourth-order valence-electron chi connectivity index (χ4n) is 3.39.